The summed E-state index contributed by atoms with van der Waals surface area (Å²) >= 11 is 0. The third-order valence-electron chi connectivity index (χ3n) is 2.79. The minimum Gasteiger partial charge on any atom is -0.364 e. The van der Waals surface area contributed by atoms with Crippen LogP contribution in [0.25, 0.3) is 0 Å². The minimum atomic E-state index is -0.992. The number of ether oxygens (including phenoxy) is 1. The predicted octanol–water partition coefficient (Wildman–Crippen LogP) is 3.34. The van der Waals surface area contributed by atoms with Crippen LogP contribution in [0.4, 0.5) is 4.39 Å². The molecule has 0 aliphatic rings. The lowest BCUT2D eigenvalue weighted by Gasteiger charge is -2.13. The normalized spacial score (nSPS) is 12.4. The van der Waals surface area contributed by atoms with Gasteiger partial charge in [0.25, 0.3) is 0 Å². The van der Waals surface area contributed by atoms with Gasteiger partial charge in [0.05, 0.1) is 6.61 Å². The molecule has 0 spiro atoms. The SMILES string of the molecule is Cc1ccc(F)cc1COC(O)c1ccccc1. The Hall–Kier alpha value is -1.71. The van der Waals surface area contributed by atoms with E-state index >= 15 is 0 Å². The van der Waals surface area contributed by atoms with E-state index in [9.17, 15) is 9.50 Å². The second kappa shape index (κ2) is 5.76. The van der Waals surface area contributed by atoms with Crippen LogP contribution in [0.1, 0.15) is 23.0 Å². The quantitative estimate of drug-likeness (QED) is 0.838. The molecule has 2 nitrogen and oxygen atoms in total. The van der Waals surface area contributed by atoms with E-state index in [1.807, 2.05) is 25.1 Å². The van der Waals surface area contributed by atoms with E-state index in [4.69, 9.17) is 4.74 Å². The van der Waals surface area contributed by atoms with Gasteiger partial charge < -0.3 is 9.84 Å². The van der Waals surface area contributed by atoms with Gasteiger partial charge in [0.1, 0.15) is 5.82 Å². The van der Waals surface area contributed by atoms with Crippen LogP contribution in [0, 0.1) is 12.7 Å². The first-order chi connectivity index (χ1) is 8.66. The highest BCUT2D eigenvalue weighted by molar-refractivity contribution is 5.26. The zero-order valence-electron chi connectivity index (χ0n) is 10.1. The molecule has 0 aliphatic heterocycles. The molecule has 2 aromatic carbocycles. The third-order valence-corrected chi connectivity index (χ3v) is 2.79. The average molecular weight is 246 g/mol. The van der Waals surface area contributed by atoms with Gasteiger partial charge >= 0.3 is 0 Å². The third kappa shape index (κ3) is 3.15. The monoisotopic (exact) mass is 246 g/mol. The highest BCUT2D eigenvalue weighted by Gasteiger charge is 2.08. The van der Waals surface area contributed by atoms with E-state index in [-0.39, 0.29) is 12.4 Å². The summed E-state index contributed by atoms with van der Waals surface area (Å²) in [4.78, 5) is 0. The smallest absolute Gasteiger partial charge is 0.181 e. The van der Waals surface area contributed by atoms with Crippen molar-refractivity contribution in [2.75, 3.05) is 0 Å². The lowest BCUT2D eigenvalue weighted by atomic mass is 10.1. The number of aliphatic hydroxyl groups excluding tert-OH is 1. The molecular weight excluding hydrogens is 231 g/mol. The topological polar surface area (TPSA) is 29.5 Å². The predicted molar refractivity (Wildman–Crippen MR) is 67.3 cm³/mol. The maximum atomic E-state index is 13.1. The van der Waals surface area contributed by atoms with Crippen LogP contribution in [0.15, 0.2) is 48.5 Å². The molecule has 0 radical (unpaired) electrons. The van der Waals surface area contributed by atoms with Crippen molar-refractivity contribution in [1.29, 1.82) is 0 Å². The fourth-order valence-electron chi connectivity index (χ4n) is 1.68. The van der Waals surface area contributed by atoms with E-state index in [0.717, 1.165) is 11.1 Å². The van der Waals surface area contributed by atoms with Gasteiger partial charge in [-0.2, -0.15) is 0 Å². The summed E-state index contributed by atoms with van der Waals surface area (Å²) in [5.74, 6) is -0.298. The Morgan fingerprint density at radius 3 is 2.61 bits per heavy atom. The van der Waals surface area contributed by atoms with Gasteiger partial charge in [0, 0.05) is 5.56 Å². The number of hydrogen-bond donors (Lipinski definition) is 1. The number of aryl methyl sites for hydroxylation is 1. The molecule has 1 N–H and O–H groups in total. The molecular formula is C15H15FO2. The average Bonchev–Trinajstić information content (AvgIpc) is 2.40. The van der Waals surface area contributed by atoms with Gasteiger partial charge in [-0.3, -0.25) is 0 Å². The molecule has 94 valence electrons. The zero-order chi connectivity index (χ0) is 13.0. The number of halogens is 1. The summed E-state index contributed by atoms with van der Waals surface area (Å²) in [5.41, 5.74) is 2.37. The second-order valence-corrected chi connectivity index (χ2v) is 4.14. The number of rotatable bonds is 4. The van der Waals surface area contributed by atoms with Crippen molar-refractivity contribution in [2.24, 2.45) is 0 Å². The van der Waals surface area contributed by atoms with Crippen molar-refractivity contribution in [2.45, 2.75) is 19.8 Å². The molecule has 0 saturated carbocycles. The fourth-order valence-corrected chi connectivity index (χ4v) is 1.68. The van der Waals surface area contributed by atoms with Crippen LogP contribution in [-0.2, 0) is 11.3 Å². The van der Waals surface area contributed by atoms with Crippen molar-refractivity contribution in [3.8, 4) is 0 Å². The molecule has 0 heterocycles. The minimum absolute atomic E-state index is 0.180. The first-order valence-electron chi connectivity index (χ1n) is 5.76. The van der Waals surface area contributed by atoms with Gasteiger partial charge in [-0.05, 0) is 30.2 Å². The zero-order valence-corrected chi connectivity index (χ0v) is 10.1. The standard InChI is InChI=1S/C15H15FO2/c1-11-7-8-14(16)9-13(11)10-18-15(17)12-5-3-2-4-6-12/h2-9,15,17H,10H2,1H3. The van der Waals surface area contributed by atoms with Crippen molar-refractivity contribution in [3.63, 3.8) is 0 Å². The molecule has 0 amide bonds. The van der Waals surface area contributed by atoms with Crippen LogP contribution in [0.3, 0.4) is 0 Å². The Labute approximate surface area is 106 Å². The largest absolute Gasteiger partial charge is 0.364 e. The van der Waals surface area contributed by atoms with Crippen LogP contribution in [0.5, 0.6) is 0 Å². The molecule has 1 atom stereocenters. The van der Waals surface area contributed by atoms with E-state index in [2.05, 4.69) is 0 Å². The Bertz CT molecular complexity index is 511. The van der Waals surface area contributed by atoms with Gasteiger partial charge in [0.2, 0.25) is 0 Å². The molecule has 2 rings (SSSR count). The van der Waals surface area contributed by atoms with Gasteiger partial charge in [-0.1, -0.05) is 36.4 Å². The molecule has 18 heavy (non-hydrogen) atoms. The molecule has 0 aromatic heterocycles. The summed E-state index contributed by atoms with van der Waals surface area (Å²) in [6.07, 6.45) is -0.992. The summed E-state index contributed by atoms with van der Waals surface area (Å²) in [7, 11) is 0. The molecule has 1 unspecified atom stereocenters. The van der Waals surface area contributed by atoms with Crippen LogP contribution in [-0.4, -0.2) is 5.11 Å². The van der Waals surface area contributed by atoms with Crippen molar-refractivity contribution >= 4 is 0 Å². The Kier molecular flexibility index (Phi) is 4.07. The van der Waals surface area contributed by atoms with E-state index in [1.54, 1.807) is 18.2 Å². The Morgan fingerprint density at radius 2 is 1.89 bits per heavy atom. The van der Waals surface area contributed by atoms with Crippen LogP contribution < -0.4 is 0 Å². The van der Waals surface area contributed by atoms with Crippen molar-refractivity contribution in [1.82, 2.24) is 0 Å². The lowest BCUT2D eigenvalue weighted by Crippen LogP contribution is -2.04. The first-order valence-corrected chi connectivity index (χ1v) is 5.76. The molecule has 0 aliphatic carbocycles. The van der Waals surface area contributed by atoms with E-state index in [0.29, 0.717) is 5.56 Å². The maximum Gasteiger partial charge on any atom is 0.181 e. The summed E-state index contributed by atoms with van der Waals surface area (Å²) in [6.45, 7) is 2.06. The molecule has 0 bridgehead atoms. The highest BCUT2D eigenvalue weighted by Crippen LogP contribution is 2.18. The van der Waals surface area contributed by atoms with Gasteiger partial charge in [-0.15, -0.1) is 0 Å². The Morgan fingerprint density at radius 1 is 1.17 bits per heavy atom. The number of aliphatic hydroxyl groups is 1. The first kappa shape index (κ1) is 12.7. The molecule has 0 fully saturated rings. The van der Waals surface area contributed by atoms with Crippen LogP contribution >= 0.6 is 0 Å². The van der Waals surface area contributed by atoms with E-state index in [1.165, 1.54) is 12.1 Å². The second-order valence-electron chi connectivity index (χ2n) is 4.14. The lowest BCUT2D eigenvalue weighted by molar-refractivity contribution is -0.112. The number of hydrogen-bond acceptors (Lipinski definition) is 2. The fraction of sp³-hybridized carbons (Fsp3) is 0.200. The highest BCUT2D eigenvalue weighted by atomic mass is 19.1. The summed E-state index contributed by atoms with van der Waals surface area (Å²) in [6, 6.07) is 13.6. The Balaban J connectivity index is 2.01. The molecule has 0 saturated heterocycles. The van der Waals surface area contributed by atoms with Crippen molar-refractivity contribution < 1.29 is 14.2 Å². The van der Waals surface area contributed by atoms with Gasteiger partial charge in [0.15, 0.2) is 6.29 Å². The molecule has 2 aromatic rings. The van der Waals surface area contributed by atoms with Gasteiger partial charge in [-0.25, -0.2) is 4.39 Å². The molecule has 3 heteroatoms. The number of benzene rings is 2. The summed E-state index contributed by atoms with van der Waals surface area (Å²) < 4.78 is 18.4. The van der Waals surface area contributed by atoms with Crippen molar-refractivity contribution in [3.05, 3.63) is 71.0 Å². The maximum absolute atomic E-state index is 13.1. The summed E-state index contributed by atoms with van der Waals surface area (Å²) in [5, 5.41) is 9.83. The van der Waals surface area contributed by atoms with Crippen LogP contribution in [0.2, 0.25) is 0 Å². The van der Waals surface area contributed by atoms with E-state index < -0.39 is 6.29 Å².